The number of ether oxygens (including phenoxy) is 3. The number of esters is 3. The zero-order chi connectivity index (χ0) is 35.9. The number of ketones is 2. The summed E-state index contributed by atoms with van der Waals surface area (Å²) in [6, 6.07) is 5.59. The van der Waals surface area contributed by atoms with Gasteiger partial charge in [-0.3, -0.25) is 24.4 Å². The third kappa shape index (κ3) is 6.15. The number of rotatable bonds is 8. The molecule has 258 valence electrons. The Balaban J connectivity index is 2.06. The smallest absolute Gasteiger partial charge is 0.379 e. The van der Waals surface area contributed by atoms with E-state index >= 15 is 0 Å². The normalized spacial score (nSPS) is 18.6. The average molecular weight is 671 g/mol. The highest BCUT2D eigenvalue weighted by Crippen LogP contribution is 2.43. The van der Waals surface area contributed by atoms with Crippen LogP contribution in [0.5, 0.6) is 0 Å². The van der Waals surface area contributed by atoms with E-state index in [0.717, 1.165) is 30.5 Å². The maximum Gasteiger partial charge on any atom is 0.379 e. The van der Waals surface area contributed by atoms with Crippen LogP contribution in [0.25, 0.3) is 22.1 Å². The van der Waals surface area contributed by atoms with E-state index in [1.807, 2.05) is 32.0 Å². The molecular weight excluding hydrogens is 628 g/mol. The summed E-state index contributed by atoms with van der Waals surface area (Å²) in [4.78, 5) is 82.5. The first-order chi connectivity index (χ1) is 23.3. The molecule has 0 spiro atoms. The van der Waals surface area contributed by atoms with Crippen molar-refractivity contribution in [2.75, 3.05) is 21.3 Å². The predicted octanol–water partition coefficient (Wildman–Crippen LogP) is 6.41. The molecule has 0 saturated carbocycles. The third-order valence-electron chi connectivity index (χ3n) is 10.0. The number of hydrogen-bond acceptors (Lipinski definition) is 10. The molecule has 0 fully saturated rings. The highest BCUT2D eigenvalue weighted by atomic mass is 16.5. The number of aromatic amines is 2. The number of H-pyrrole nitrogens is 2. The zero-order valence-corrected chi connectivity index (χ0v) is 29.3. The average Bonchev–Trinajstić information content (AvgIpc) is 3.76. The van der Waals surface area contributed by atoms with E-state index < -0.39 is 29.6 Å². The van der Waals surface area contributed by atoms with Gasteiger partial charge in [0.2, 0.25) is 0 Å². The minimum absolute atomic E-state index is 0.00662. The van der Waals surface area contributed by atoms with Gasteiger partial charge >= 0.3 is 17.9 Å². The number of aromatic nitrogens is 4. The van der Waals surface area contributed by atoms with Crippen molar-refractivity contribution in [1.82, 2.24) is 19.9 Å². The molecule has 3 aromatic rings. The highest BCUT2D eigenvalue weighted by molar-refractivity contribution is 6.43. The van der Waals surface area contributed by atoms with E-state index in [9.17, 15) is 24.0 Å². The molecule has 5 heterocycles. The van der Waals surface area contributed by atoms with E-state index in [4.69, 9.17) is 24.2 Å². The summed E-state index contributed by atoms with van der Waals surface area (Å²) < 4.78 is 15.0. The minimum atomic E-state index is -1.15. The summed E-state index contributed by atoms with van der Waals surface area (Å²) in [5, 5.41) is 0. The van der Waals surface area contributed by atoms with Crippen LogP contribution >= 0.6 is 0 Å². The number of nitrogens with zero attached hydrogens (tertiary/aromatic N) is 2. The van der Waals surface area contributed by atoms with Crippen LogP contribution in [0.15, 0.2) is 18.2 Å². The molecule has 2 aliphatic heterocycles. The van der Waals surface area contributed by atoms with Gasteiger partial charge in [0.05, 0.1) is 49.2 Å². The van der Waals surface area contributed by atoms with Gasteiger partial charge in [0, 0.05) is 63.8 Å². The van der Waals surface area contributed by atoms with Gasteiger partial charge in [-0.05, 0) is 62.9 Å². The van der Waals surface area contributed by atoms with E-state index in [-0.39, 0.29) is 58.7 Å². The van der Waals surface area contributed by atoms with E-state index in [1.54, 1.807) is 6.92 Å². The van der Waals surface area contributed by atoms with Crippen molar-refractivity contribution < 1.29 is 38.2 Å². The van der Waals surface area contributed by atoms with Crippen molar-refractivity contribution in [3.8, 4) is 0 Å². The lowest BCUT2D eigenvalue weighted by Gasteiger charge is -2.17. The molecule has 0 aromatic carbocycles. The van der Waals surface area contributed by atoms with Crippen molar-refractivity contribution in [3.63, 3.8) is 0 Å². The summed E-state index contributed by atoms with van der Waals surface area (Å²) in [6.45, 7) is 11.2. The molecule has 12 heteroatoms. The summed E-state index contributed by atoms with van der Waals surface area (Å²) in [5.41, 5.74) is 5.77. The maximum atomic E-state index is 14.1. The van der Waals surface area contributed by atoms with Crippen LogP contribution in [0.3, 0.4) is 0 Å². The van der Waals surface area contributed by atoms with Gasteiger partial charge in [0.15, 0.2) is 5.78 Å². The van der Waals surface area contributed by atoms with Crippen molar-refractivity contribution in [2.45, 2.75) is 84.5 Å². The summed E-state index contributed by atoms with van der Waals surface area (Å²) in [6.07, 6.45) is 0.995. The summed E-state index contributed by atoms with van der Waals surface area (Å²) >= 11 is 0. The topological polar surface area (TPSA) is 170 Å². The maximum absolute atomic E-state index is 14.1. The highest BCUT2D eigenvalue weighted by Gasteiger charge is 2.37. The Kier molecular flexibility index (Phi) is 9.89. The Hall–Kier alpha value is -5.13. The third-order valence-corrected chi connectivity index (χ3v) is 10.0. The molecule has 8 bridgehead atoms. The van der Waals surface area contributed by atoms with Crippen LogP contribution in [0.1, 0.15) is 136 Å². The van der Waals surface area contributed by atoms with E-state index in [0.29, 0.717) is 33.4 Å². The summed E-state index contributed by atoms with van der Waals surface area (Å²) in [5.74, 6) is -4.35. The lowest BCUT2D eigenvalue weighted by atomic mass is 9.84. The predicted molar refractivity (Wildman–Crippen MR) is 182 cm³/mol. The molecule has 2 N–H and O–H groups in total. The van der Waals surface area contributed by atoms with Crippen molar-refractivity contribution in [1.29, 1.82) is 0 Å². The molecule has 2 aliphatic rings. The molecule has 0 radical (unpaired) electrons. The molecule has 0 unspecified atom stereocenters. The van der Waals surface area contributed by atoms with Gasteiger partial charge in [0.25, 0.3) is 5.78 Å². The molecule has 49 heavy (non-hydrogen) atoms. The van der Waals surface area contributed by atoms with Crippen LogP contribution in [0.4, 0.5) is 0 Å². The van der Waals surface area contributed by atoms with Crippen LogP contribution < -0.4 is 0 Å². The van der Waals surface area contributed by atoms with Crippen molar-refractivity contribution in [3.05, 3.63) is 68.8 Å². The molecule has 12 nitrogen and oxygen atoms in total. The van der Waals surface area contributed by atoms with Crippen molar-refractivity contribution in [2.24, 2.45) is 0 Å². The van der Waals surface area contributed by atoms with Gasteiger partial charge < -0.3 is 24.2 Å². The summed E-state index contributed by atoms with van der Waals surface area (Å²) in [7, 11) is 3.63. The standard InChI is InChI=1S/C37H42N4O8/c1-10-21-16(2)23-15-28-30(20(6)42)18(4)25(39-28)13-24-17(3)22(11-12-29(43)47-7)33(40-24)32(35(44)37(46)49-9)34-31(36(45)48-8)19(5)26(41-34)14-27(21)38-23/h13-17,21-22,39,41H,10-12H2,1-9H3/t16-,17+,21-,22+/m1/s1. The second kappa shape index (κ2) is 13.8. The fourth-order valence-corrected chi connectivity index (χ4v) is 7.24. The second-order valence-electron chi connectivity index (χ2n) is 12.7. The molecule has 3 aromatic heterocycles. The first-order valence-electron chi connectivity index (χ1n) is 16.3. The minimum Gasteiger partial charge on any atom is -0.469 e. The lowest BCUT2D eigenvalue weighted by molar-refractivity contribution is -0.140. The molecular formula is C37H42N4O8. The first-order valence-corrected chi connectivity index (χ1v) is 16.3. The van der Waals surface area contributed by atoms with Crippen LogP contribution in [0, 0.1) is 13.8 Å². The Morgan fingerprint density at radius 2 is 1.33 bits per heavy atom. The lowest BCUT2D eigenvalue weighted by Crippen LogP contribution is -2.20. The molecule has 0 amide bonds. The number of aryl methyl sites for hydroxylation is 2. The van der Waals surface area contributed by atoms with E-state index in [1.165, 1.54) is 21.1 Å². The number of carbonyl (C=O) groups excluding carboxylic acids is 5. The Morgan fingerprint density at radius 1 is 0.735 bits per heavy atom. The number of nitrogens with one attached hydrogen (secondary N) is 2. The fourth-order valence-electron chi connectivity index (χ4n) is 7.24. The van der Waals surface area contributed by atoms with Gasteiger partial charge in [-0.2, -0.15) is 0 Å². The first kappa shape index (κ1) is 35.2. The van der Waals surface area contributed by atoms with Gasteiger partial charge in [-0.15, -0.1) is 0 Å². The number of carbonyl (C=O) groups is 5. The van der Waals surface area contributed by atoms with Gasteiger partial charge in [-0.1, -0.05) is 20.8 Å². The Bertz CT molecular complexity index is 2060. The molecule has 4 atom stereocenters. The van der Waals surface area contributed by atoms with E-state index in [2.05, 4.69) is 23.8 Å². The van der Waals surface area contributed by atoms with Crippen LogP contribution in [-0.4, -0.2) is 70.7 Å². The fraction of sp³-hybridized carbons (Fsp3) is 0.432. The number of methoxy groups -OCH3 is 3. The zero-order valence-electron chi connectivity index (χ0n) is 29.3. The molecule has 0 saturated heterocycles. The number of hydrogen-bond donors (Lipinski definition) is 2. The quantitative estimate of drug-likeness (QED) is 0.118. The monoisotopic (exact) mass is 670 g/mol. The number of Topliss-reactive ketones (excluding diaryl/α,β-unsaturated/α-hetero) is 2. The largest absolute Gasteiger partial charge is 0.469 e. The van der Waals surface area contributed by atoms with Gasteiger partial charge in [-0.25, -0.2) is 9.59 Å². The molecule has 0 aliphatic carbocycles. The Morgan fingerprint density at radius 3 is 1.94 bits per heavy atom. The Labute approximate surface area is 284 Å². The molecule has 5 rings (SSSR count). The SMILES string of the molecule is CC[C@H]1c2cc3[nH]c(c(C(=O)C(=O)OC)c4nc(cc5[nH]c(cc(n2)[C@@H]1C)c(C(C)=O)c5C)[C@@H](C)[C@@H]4CCC(=O)OC)c(C(=O)OC)c3C. The second-order valence-corrected chi connectivity index (χ2v) is 12.7. The van der Waals surface area contributed by atoms with Crippen LogP contribution in [0.2, 0.25) is 0 Å². The van der Waals surface area contributed by atoms with Crippen LogP contribution in [-0.2, 0) is 23.8 Å². The van der Waals surface area contributed by atoms with Crippen molar-refractivity contribution >= 4 is 51.5 Å². The van der Waals surface area contributed by atoms with Gasteiger partial charge in [0.1, 0.15) is 0 Å². The number of fused-ring (bicyclic) bond motifs is 8.